The second-order valence-electron chi connectivity index (χ2n) is 2.60. The minimum absolute atomic E-state index is 0.183. The highest BCUT2D eigenvalue weighted by atomic mass is 16.6. The molecule has 60 valence electrons. The quantitative estimate of drug-likeness (QED) is 0.405. The summed E-state index contributed by atoms with van der Waals surface area (Å²) in [4.78, 5) is 0. The van der Waals surface area contributed by atoms with Crippen LogP contribution in [0.5, 0.6) is 0 Å². The molecule has 3 N–H and O–H groups in total. The number of hydrogen-bond acceptors (Lipinski definition) is 4. The fraction of sp³-hybridized carbons (Fsp3) is 1.00. The third-order valence-electron chi connectivity index (χ3n) is 1.71. The molecule has 1 aliphatic rings. The van der Waals surface area contributed by atoms with Gasteiger partial charge in [0, 0.05) is 6.42 Å². The van der Waals surface area contributed by atoms with Crippen molar-refractivity contribution in [3.8, 4) is 0 Å². The molecule has 1 heterocycles. The average molecular weight is 148 g/mol. The van der Waals surface area contributed by atoms with Crippen LogP contribution in [0, 0.1) is 0 Å². The van der Waals surface area contributed by atoms with Crippen molar-refractivity contribution in [2.75, 3.05) is 0 Å². The van der Waals surface area contributed by atoms with E-state index in [1.54, 1.807) is 6.92 Å². The minimum Gasteiger partial charge on any atom is -0.390 e. The summed E-state index contributed by atoms with van der Waals surface area (Å²) in [5, 5.41) is 26.9. The molecule has 0 saturated carbocycles. The van der Waals surface area contributed by atoms with Crippen LogP contribution in [0.25, 0.3) is 0 Å². The molecule has 10 heavy (non-hydrogen) atoms. The van der Waals surface area contributed by atoms with E-state index in [1.807, 2.05) is 0 Å². The van der Waals surface area contributed by atoms with E-state index in [4.69, 9.17) is 20.1 Å². The Morgan fingerprint density at radius 1 is 1.20 bits per heavy atom. The molecule has 0 aromatic rings. The van der Waals surface area contributed by atoms with Gasteiger partial charge in [0.05, 0.1) is 12.2 Å². The molecule has 0 aliphatic carbocycles. The Morgan fingerprint density at radius 3 is 2.30 bits per heavy atom. The van der Waals surface area contributed by atoms with E-state index in [1.165, 1.54) is 0 Å². The molecule has 1 saturated heterocycles. The zero-order chi connectivity index (χ0) is 7.72. The van der Waals surface area contributed by atoms with Gasteiger partial charge in [-0.05, 0) is 6.92 Å². The van der Waals surface area contributed by atoms with Gasteiger partial charge < -0.3 is 20.1 Å². The van der Waals surface area contributed by atoms with Crippen LogP contribution in [0.2, 0.25) is 0 Å². The third-order valence-corrected chi connectivity index (χ3v) is 1.71. The Kier molecular flexibility index (Phi) is 2.25. The summed E-state index contributed by atoms with van der Waals surface area (Å²) in [7, 11) is 0. The lowest BCUT2D eigenvalue weighted by atomic mass is 10.0. The molecule has 0 spiro atoms. The predicted octanol–water partition coefficient (Wildman–Crippen LogP) is -1.16. The first-order valence-corrected chi connectivity index (χ1v) is 3.31. The van der Waals surface area contributed by atoms with Crippen LogP contribution < -0.4 is 0 Å². The number of aliphatic hydroxyl groups is 3. The second kappa shape index (κ2) is 2.84. The van der Waals surface area contributed by atoms with Crippen LogP contribution in [0.15, 0.2) is 0 Å². The van der Waals surface area contributed by atoms with Crippen molar-refractivity contribution in [2.24, 2.45) is 0 Å². The molecule has 4 atom stereocenters. The highest BCUT2D eigenvalue weighted by Gasteiger charge is 2.32. The molecule has 1 fully saturated rings. The lowest BCUT2D eigenvalue weighted by Gasteiger charge is -2.32. The molecule has 0 aromatic heterocycles. The van der Waals surface area contributed by atoms with Gasteiger partial charge in [0.1, 0.15) is 6.10 Å². The van der Waals surface area contributed by atoms with Crippen LogP contribution >= 0.6 is 0 Å². The summed E-state index contributed by atoms with van der Waals surface area (Å²) in [6.07, 6.45) is -2.97. The highest BCUT2D eigenvalue weighted by Crippen LogP contribution is 2.17. The molecule has 0 amide bonds. The van der Waals surface area contributed by atoms with Gasteiger partial charge in [0.25, 0.3) is 0 Å². The van der Waals surface area contributed by atoms with Crippen molar-refractivity contribution < 1.29 is 20.1 Å². The standard InChI is InChI=1S/C6H12O4/c1-3-4(7)2-5(8)6(9)10-3/h3-9H,2H2,1H3/t3-,4+,5-,6+/m1/s1. The number of ether oxygens (including phenoxy) is 1. The van der Waals surface area contributed by atoms with E-state index < -0.39 is 24.6 Å². The first-order valence-electron chi connectivity index (χ1n) is 3.31. The van der Waals surface area contributed by atoms with E-state index in [0.717, 1.165) is 0 Å². The van der Waals surface area contributed by atoms with E-state index >= 15 is 0 Å². The fourth-order valence-corrected chi connectivity index (χ4v) is 0.957. The largest absolute Gasteiger partial charge is 0.390 e. The van der Waals surface area contributed by atoms with Crippen molar-refractivity contribution >= 4 is 0 Å². The number of aliphatic hydroxyl groups excluding tert-OH is 3. The van der Waals surface area contributed by atoms with Crippen molar-refractivity contribution in [3.05, 3.63) is 0 Å². The first-order chi connectivity index (χ1) is 4.61. The number of hydrogen-bond donors (Lipinski definition) is 3. The van der Waals surface area contributed by atoms with Crippen LogP contribution in [0.3, 0.4) is 0 Å². The van der Waals surface area contributed by atoms with E-state index in [9.17, 15) is 0 Å². The van der Waals surface area contributed by atoms with Gasteiger partial charge in [-0.15, -0.1) is 0 Å². The molecule has 0 aromatic carbocycles. The maximum atomic E-state index is 9.07. The summed E-state index contributed by atoms with van der Waals surface area (Å²) < 4.78 is 4.77. The Bertz CT molecular complexity index is 90.3. The van der Waals surface area contributed by atoms with Gasteiger partial charge in [0.2, 0.25) is 0 Å². The summed E-state index contributed by atoms with van der Waals surface area (Å²) in [5.74, 6) is 0. The van der Waals surface area contributed by atoms with Crippen molar-refractivity contribution in [1.29, 1.82) is 0 Å². The SMILES string of the molecule is C[C@H]1O[C@H](O)[C@H](O)C[C@@H]1O. The normalized spacial score (nSPS) is 49.2. The lowest BCUT2D eigenvalue weighted by molar-refractivity contribution is -0.240. The first kappa shape index (κ1) is 7.94. The smallest absolute Gasteiger partial charge is 0.181 e. The molecule has 4 nitrogen and oxygen atoms in total. The molecule has 1 rings (SSSR count). The Hall–Kier alpha value is -0.160. The fourth-order valence-electron chi connectivity index (χ4n) is 0.957. The van der Waals surface area contributed by atoms with Gasteiger partial charge >= 0.3 is 0 Å². The summed E-state index contributed by atoms with van der Waals surface area (Å²) in [6, 6.07) is 0. The molecule has 4 heteroatoms. The molecular formula is C6H12O4. The third kappa shape index (κ3) is 1.46. The van der Waals surface area contributed by atoms with Gasteiger partial charge in [-0.25, -0.2) is 0 Å². The second-order valence-corrected chi connectivity index (χ2v) is 2.60. The van der Waals surface area contributed by atoms with Crippen molar-refractivity contribution in [3.63, 3.8) is 0 Å². The predicted molar refractivity (Wildman–Crippen MR) is 33.2 cm³/mol. The van der Waals surface area contributed by atoms with Crippen molar-refractivity contribution in [2.45, 2.75) is 37.9 Å². The van der Waals surface area contributed by atoms with Crippen LogP contribution in [-0.2, 0) is 4.74 Å². The van der Waals surface area contributed by atoms with Crippen LogP contribution in [-0.4, -0.2) is 39.9 Å². The highest BCUT2D eigenvalue weighted by molar-refractivity contribution is 4.76. The number of rotatable bonds is 0. The molecular weight excluding hydrogens is 136 g/mol. The average Bonchev–Trinajstić information content (AvgIpc) is 1.84. The Labute approximate surface area is 59.1 Å². The van der Waals surface area contributed by atoms with E-state index in [2.05, 4.69) is 0 Å². The molecule has 0 unspecified atom stereocenters. The molecule has 0 bridgehead atoms. The summed E-state index contributed by atoms with van der Waals surface area (Å²) in [6.45, 7) is 1.65. The maximum absolute atomic E-state index is 9.07. The zero-order valence-corrected chi connectivity index (χ0v) is 5.77. The summed E-state index contributed by atoms with van der Waals surface area (Å²) >= 11 is 0. The van der Waals surface area contributed by atoms with Crippen LogP contribution in [0.4, 0.5) is 0 Å². The lowest BCUT2D eigenvalue weighted by Crippen LogP contribution is -2.45. The Balaban J connectivity index is 2.46. The van der Waals surface area contributed by atoms with Gasteiger partial charge in [-0.2, -0.15) is 0 Å². The van der Waals surface area contributed by atoms with Crippen molar-refractivity contribution in [1.82, 2.24) is 0 Å². The zero-order valence-electron chi connectivity index (χ0n) is 5.77. The van der Waals surface area contributed by atoms with E-state index in [-0.39, 0.29) is 6.42 Å². The van der Waals surface area contributed by atoms with E-state index in [0.29, 0.717) is 0 Å². The molecule has 1 aliphatic heterocycles. The monoisotopic (exact) mass is 148 g/mol. The van der Waals surface area contributed by atoms with Gasteiger partial charge in [-0.3, -0.25) is 0 Å². The van der Waals surface area contributed by atoms with Gasteiger partial charge in [-0.1, -0.05) is 0 Å². The summed E-state index contributed by atoms with van der Waals surface area (Å²) in [5.41, 5.74) is 0. The minimum atomic E-state index is -1.14. The van der Waals surface area contributed by atoms with Crippen LogP contribution in [0.1, 0.15) is 13.3 Å². The topological polar surface area (TPSA) is 69.9 Å². The Morgan fingerprint density at radius 2 is 1.80 bits per heavy atom. The maximum Gasteiger partial charge on any atom is 0.181 e. The molecule has 0 radical (unpaired) electrons. The van der Waals surface area contributed by atoms with Gasteiger partial charge in [0.15, 0.2) is 6.29 Å².